The van der Waals surface area contributed by atoms with Crippen LogP contribution in [0.25, 0.3) is 11.0 Å². The summed E-state index contributed by atoms with van der Waals surface area (Å²) in [6, 6.07) is 1.92. The monoisotopic (exact) mass is 514 g/mol. The molecule has 4 aliphatic rings. The van der Waals surface area contributed by atoms with Gasteiger partial charge in [0.1, 0.15) is 41.7 Å². The van der Waals surface area contributed by atoms with Gasteiger partial charge in [0.05, 0.1) is 5.39 Å². The summed E-state index contributed by atoms with van der Waals surface area (Å²) in [6.07, 6.45) is 4.39. The number of aromatic nitrogens is 3. The Morgan fingerprint density at radius 1 is 1.19 bits per heavy atom. The van der Waals surface area contributed by atoms with Crippen molar-refractivity contribution < 1.29 is 23.7 Å². The molecule has 11 heteroatoms. The van der Waals surface area contributed by atoms with Gasteiger partial charge in [-0.2, -0.15) is 0 Å². The number of anilines is 1. The van der Waals surface area contributed by atoms with Crippen LogP contribution in [-0.2, 0) is 18.9 Å². The molecule has 37 heavy (non-hydrogen) atoms. The Kier molecular flexibility index (Phi) is 5.72. The third-order valence-electron chi connectivity index (χ3n) is 7.82. The largest absolute Gasteiger partial charge is 0.444 e. The highest BCUT2D eigenvalue weighted by Crippen LogP contribution is 2.45. The van der Waals surface area contributed by atoms with E-state index in [1.807, 2.05) is 56.3 Å². The summed E-state index contributed by atoms with van der Waals surface area (Å²) >= 11 is 0. The molecule has 6 heterocycles. The van der Waals surface area contributed by atoms with Crippen LogP contribution in [0, 0.1) is 5.41 Å². The van der Waals surface area contributed by atoms with Crippen molar-refractivity contribution in [3.63, 3.8) is 0 Å². The molecule has 0 aliphatic carbocycles. The lowest BCUT2D eigenvalue weighted by Crippen LogP contribution is -2.65. The molecule has 1 spiro atoms. The predicted molar refractivity (Wildman–Crippen MR) is 136 cm³/mol. The van der Waals surface area contributed by atoms with Crippen LogP contribution >= 0.6 is 0 Å². The highest BCUT2D eigenvalue weighted by Gasteiger charge is 2.57. The molecular formula is C26H38N6O5. The van der Waals surface area contributed by atoms with E-state index in [-0.39, 0.29) is 36.0 Å². The zero-order valence-corrected chi connectivity index (χ0v) is 22.3. The fourth-order valence-corrected chi connectivity index (χ4v) is 6.42. The van der Waals surface area contributed by atoms with E-state index >= 15 is 0 Å². The molecule has 2 aromatic heterocycles. The first kappa shape index (κ1) is 24.8. The maximum Gasteiger partial charge on any atom is 0.410 e. The molecule has 0 bridgehead atoms. The first-order valence-electron chi connectivity index (χ1n) is 13.2. The first-order valence-corrected chi connectivity index (χ1v) is 13.2. The van der Waals surface area contributed by atoms with Gasteiger partial charge in [-0.15, -0.1) is 0 Å². The fraction of sp³-hybridized carbons (Fsp3) is 0.731. The Morgan fingerprint density at radius 3 is 2.70 bits per heavy atom. The number of rotatable bonds is 3. The summed E-state index contributed by atoms with van der Waals surface area (Å²) in [5, 5.41) is 0.793. The zero-order chi connectivity index (χ0) is 26.2. The van der Waals surface area contributed by atoms with Crippen LogP contribution in [0.1, 0.15) is 53.7 Å². The molecule has 11 nitrogen and oxygen atoms in total. The van der Waals surface area contributed by atoms with E-state index in [2.05, 4.69) is 14.9 Å². The van der Waals surface area contributed by atoms with Crippen LogP contribution in [0.5, 0.6) is 0 Å². The third kappa shape index (κ3) is 4.56. The van der Waals surface area contributed by atoms with Crippen LogP contribution < -0.4 is 5.73 Å². The molecule has 0 saturated carbocycles. The maximum atomic E-state index is 12.5. The summed E-state index contributed by atoms with van der Waals surface area (Å²) < 4.78 is 26.9. The highest BCUT2D eigenvalue weighted by atomic mass is 16.8. The quantitative estimate of drug-likeness (QED) is 0.660. The van der Waals surface area contributed by atoms with E-state index in [1.165, 1.54) is 6.33 Å². The molecule has 0 aromatic carbocycles. The number of ether oxygens (including phenoxy) is 4. The number of nitrogen functional groups attached to an aromatic ring is 1. The van der Waals surface area contributed by atoms with Crippen LogP contribution in [0.4, 0.5) is 10.6 Å². The van der Waals surface area contributed by atoms with E-state index in [0.29, 0.717) is 5.82 Å². The number of nitrogens with two attached hydrogens (primary N) is 1. The van der Waals surface area contributed by atoms with Gasteiger partial charge in [-0.1, -0.05) is 0 Å². The van der Waals surface area contributed by atoms with Crippen molar-refractivity contribution in [2.75, 3.05) is 38.5 Å². The van der Waals surface area contributed by atoms with Crippen LogP contribution in [0.2, 0.25) is 0 Å². The number of carbonyl (C=O) groups excluding carboxylic acids is 1. The van der Waals surface area contributed by atoms with Gasteiger partial charge in [0.15, 0.2) is 12.0 Å². The van der Waals surface area contributed by atoms with Crippen molar-refractivity contribution in [1.29, 1.82) is 0 Å². The first-order chi connectivity index (χ1) is 17.4. The van der Waals surface area contributed by atoms with Crippen molar-refractivity contribution in [2.45, 2.75) is 83.4 Å². The van der Waals surface area contributed by atoms with Crippen LogP contribution in [-0.4, -0.2) is 92.9 Å². The summed E-state index contributed by atoms with van der Waals surface area (Å²) in [5.74, 6) is -0.254. The number of hydrogen-bond donors (Lipinski definition) is 1. The van der Waals surface area contributed by atoms with Crippen LogP contribution in [0.3, 0.4) is 0 Å². The molecule has 2 N–H and O–H groups in total. The Hall–Kier alpha value is -2.47. The molecule has 4 aliphatic heterocycles. The minimum atomic E-state index is -0.697. The smallest absolute Gasteiger partial charge is 0.410 e. The van der Waals surface area contributed by atoms with Crippen LogP contribution in [0.15, 0.2) is 18.6 Å². The van der Waals surface area contributed by atoms with Gasteiger partial charge in [0.2, 0.25) is 0 Å². The van der Waals surface area contributed by atoms with Crippen molar-refractivity contribution in [1.82, 2.24) is 24.3 Å². The maximum absolute atomic E-state index is 12.5. The predicted octanol–water partition coefficient (Wildman–Crippen LogP) is 2.76. The van der Waals surface area contributed by atoms with Gasteiger partial charge in [0.25, 0.3) is 0 Å². The Bertz CT molecular complexity index is 1190. The number of fused-ring (bicyclic) bond motifs is 2. The molecule has 4 saturated heterocycles. The Morgan fingerprint density at radius 2 is 1.95 bits per heavy atom. The lowest BCUT2D eigenvalue weighted by molar-refractivity contribution is -0.199. The Labute approximate surface area is 217 Å². The minimum absolute atomic E-state index is 0.115. The topological polar surface area (TPSA) is 117 Å². The van der Waals surface area contributed by atoms with Gasteiger partial charge >= 0.3 is 6.09 Å². The molecular weight excluding hydrogens is 476 g/mol. The van der Waals surface area contributed by atoms with Crippen molar-refractivity contribution in [3.8, 4) is 0 Å². The molecule has 4 atom stereocenters. The van der Waals surface area contributed by atoms with Gasteiger partial charge in [-0.3, -0.25) is 4.90 Å². The third-order valence-corrected chi connectivity index (χ3v) is 7.82. The van der Waals surface area contributed by atoms with Crippen molar-refractivity contribution in [3.05, 3.63) is 18.6 Å². The number of nitrogens with zero attached hydrogens (tertiary/aromatic N) is 5. The van der Waals surface area contributed by atoms with E-state index in [9.17, 15) is 4.79 Å². The summed E-state index contributed by atoms with van der Waals surface area (Å²) in [4.78, 5) is 25.4. The summed E-state index contributed by atoms with van der Waals surface area (Å²) in [6.45, 7) is 13.7. The number of likely N-dealkylation sites (tertiary alicyclic amines) is 2. The molecule has 0 radical (unpaired) electrons. The SMILES string of the molecule is CC(C)(C)OC(=O)N1CC2(CCCN(C[C@H]3O[C@@H](n4ccc5c(N)ncnc54)[C@@H]4OC(C)(C)O[C@@H]43)C2)C1. The number of piperidine rings is 1. The second kappa shape index (κ2) is 8.52. The Balaban J connectivity index is 1.16. The van der Waals surface area contributed by atoms with E-state index < -0.39 is 11.4 Å². The van der Waals surface area contributed by atoms with Gasteiger partial charge in [-0.05, 0) is 60.1 Å². The normalized spacial score (nSPS) is 31.0. The van der Waals surface area contributed by atoms with Gasteiger partial charge < -0.3 is 34.1 Å². The second-order valence-corrected chi connectivity index (χ2v) is 12.5. The highest BCUT2D eigenvalue weighted by molar-refractivity contribution is 5.86. The molecule has 1 amide bonds. The standard InChI is InChI=1S/C26H38N6O5/c1-24(2,3)37-23(33)31-13-26(14-31)8-6-9-30(12-26)11-17-18-19(36-25(4,5)35-18)22(34-17)32-10-7-16-20(27)28-15-29-21(16)32/h7,10,15,17-19,22H,6,8-9,11-14H2,1-5H3,(H2,27,28,29)/t17-,18-,19-,22-/m1/s1. The summed E-state index contributed by atoms with van der Waals surface area (Å²) in [7, 11) is 0. The lowest BCUT2D eigenvalue weighted by Gasteiger charge is -2.54. The molecule has 4 fully saturated rings. The number of hydrogen-bond acceptors (Lipinski definition) is 9. The van der Waals surface area contributed by atoms with Crippen molar-refractivity contribution >= 4 is 22.9 Å². The minimum Gasteiger partial charge on any atom is -0.444 e. The van der Waals surface area contributed by atoms with E-state index in [0.717, 1.165) is 56.6 Å². The summed E-state index contributed by atoms with van der Waals surface area (Å²) in [5.41, 5.74) is 6.43. The molecule has 2 aromatic rings. The average molecular weight is 515 g/mol. The molecule has 0 unspecified atom stereocenters. The lowest BCUT2D eigenvalue weighted by atomic mass is 9.73. The van der Waals surface area contributed by atoms with Gasteiger partial charge in [-0.25, -0.2) is 14.8 Å². The zero-order valence-electron chi connectivity index (χ0n) is 22.3. The van der Waals surface area contributed by atoms with Gasteiger partial charge in [0, 0.05) is 37.8 Å². The fourth-order valence-electron chi connectivity index (χ4n) is 6.42. The van der Waals surface area contributed by atoms with Crippen molar-refractivity contribution in [2.24, 2.45) is 5.41 Å². The molecule has 202 valence electrons. The number of amides is 1. The average Bonchev–Trinajstić information content (AvgIpc) is 3.43. The van der Waals surface area contributed by atoms with E-state index in [1.54, 1.807) is 0 Å². The number of carbonyl (C=O) groups is 1. The second-order valence-electron chi connectivity index (χ2n) is 12.5. The van der Waals surface area contributed by atoms with E-state index in [4.69, 9.17) is 24.7 Å². The molecule has 6 rings (SSSR count).